The molecule has 0 aromatic heterocycles. The van der Waals surface area contributed by atoms with E-state index in [1.807, 2.05) is 6.92 Å². The highest BCUT2D eigenvalue weighted by atomic mass is 19.1. The average Bonchev–Trinajstić information content (AvgIpc) is 2.18. The fourth-order valence-electron chi connectivity index (χ4n) is 1.16. The summed E-state index contributed by atoms with van der Waals surface area (Å²) in [5.74, 6) is -1.13. The number of benzene rings is 1. The third-order valence-electron chi connectivity index (χ3n) is 1.90. The molecule has 0 heterocycles. The average molecular weight is 201 g/mol. The van der Waals surface area contributed by atoms with E-state index in [9.17, 15) is 13.9 Å². The van der Waals surface area contributed by atoms with Crippen LogP contribution in [-0.2, 0) is 0 Å². The molecule has 0 saturated carbocycles. The molecule has 0 spiro atoms. The fraction of sp³-hybridized carbons (Fsp3) is 0.400. The van der Waals surface area contributed by atoms with Gasteiger partial charge in [-0.3, -0.25) is 0 Å². The van der Waals surface area contributed by atoms with Gasteiger partial charge in [-0.2, -0.15) is 0 Å². The monoisotopic (exact) mass is 201 g/mol. The summed E-state index contributed by atoms with van der Waals surface area (Å²) in [6.07, 6.45) is -1.01. The van der Waals surface area contributed by atoms with E-state index in [0.29, 0.717) is 6.54 Å². The van der Waals surface area contributed by atoms with Crippen molar-refractivity contribution >= 4 is 0 Å². The summed E-state index contributed by atoms with van der Waals surface area (Å²) in [6, 6.07) is 3.05. The van der Waals surface area contributed by atoms with Gasteiger partial charge in [0.25, 0.3) is 0 Å². The minimum atomic E-state index is -1.01. The van der Waals surface area contributed by atoms with Crippen LogP contribution in [0.2, 0.25) is 0 Å². The van der Waals surface area contributed by atoms with E-state index >= 15 is 0 Å². The van der Waals surface area contributed by atoms with E-state index in [1.165, 1.54) is 0 Å². The molecule has 4 heteroatoms. The van der Waals surface area contributed by atoms with Crippen LogP contribution in [-0.4, -0.2) is 18.2 Å². The summed E-state index contributed by atoms with van der Waals surface area (Å²) in [7, 11) is 0. The van der Waals surface area contributed by atoms with Crippen molar-refractivity contribution in [1.82, 2.24) is 5.32 Å². The molecule has 0 bridgehead atoms. The maximum atomic E-state index is 13.1. The Morgan fingerprint density at radius 3 is 2.79 bits per heavy atom. The predicted molar refractivity (Wildman–Crippen MR) is 49.9 cm³/mol. The van der Waals surface area contributed by atoms with Crippen molar-refractivity contribution in [3.8, 4) is 0 Å². The molecular weight excluding hydrogens is 188 g/mol. The van der Waals surface area contributed by atoms with Crippen molar-refractivity contribution in [3.05, 3.63) is 35.4 Å². The Morgan fingerprint density at radius 2 is 2.14 bits per heavy atom. The van der Waals surface area contributed by atoms with Crippen LogP contribution in [0.1, 0.15) is 18.6 Å². The van der Waals surface area contributed by atoms with Crippen LogP contribution in [0.5, 0.6) is 0 Å². The number of hydrogen-bond acceptors (Lipinski definition) is 2. The van der Waals surface area contributed by atoms with Crippen LogP contribution >= 0.6 is 0 Å². The first-order chi connectivity index (χ1) is 6.65. The summed E-state index contributed by atoms with van der Waals surface area (Å²) in [5, 5.41) is 12.3. The van der Waals surface area contributed by atoms with E-state index in [1.54, 1.807) is 0 Å². The quantitative estimate of drug-likeness (QED) is 0.775. The lowest BCUT2D eigenvalue weighted by Gasteiger charge is -2.12. The van der Waals surface area contributed by atoms with Crippen molar-refractivity contribution in [1.29, 1.82) is 0 Å². The smallest absolute Gasteiger partial charge is 0.129 e. The molecular formula is C10H13F2NO. The third kappa shape index (κ3) is 2.75. The predicted octanol–water partition coefficient (Wildman–Crippen LogP) is 1.61. The summed E-state index contributed by atoms with van der Waals surface area (Å²) >= 11 is 0. The van der Waals surface area contributed by atoms with Crippen molar-refractivity contribution in [2.45, 2.75) is 13.0 Å². The van der Waals surface area contributed by atoms with Gasteiger partial charge in [0, 0.05) is 12.1 Å². The molecule has 1 rings (SSSR count). The van der Waals surface area contributed by atoms with E-state index in [2.05, 4.69) is 5.32 Å². The van der Waals surface area contributed by atoms with Crippen molar-refractivity contribution in [2.75, 3.05) is 13.1 Å². The molecule has 1 unspecified atom stereocenters. The van der Waals surface area contributed by atoms with E-state index < -0.39 is 17.7 Å². The maximum absolute atomic E-state index is 13.1. The van der Waals surface area contributed by atoms with Crippen molar-refractivity contribution < 1.29 is 13.9 Å². The van der Waals surface area contributed by atoms with Crippen LogP contribution in [0.4, 0.5) is 8.78 Å². The lowest BCUT2D eigenvalue weighted by atomic mass is 10.1. The van der Waals surface area contributed by atoms with E-state index in [4.69, 9.17) is 0 Å². The number of nitrogens with one attached hydrogen (secondary N) is 1. The summed E-state index contributed by atoms with van der Waals surface area (Å²) in [5.41, 5.74) is -0.00838. The highest BCUT2D eigenvalue weighted by Crippen LogP contribution is 2.17. The van der Waals surface area contributed by atoms with Crippen LogP contribution in [0.15, 0.2) is 18.2 Å². The van der Waals surface area contributed by atoms with Gasteiger partial charge in [-0.05, 0) is 24.7 Å². The normalized spacial score (nSPS) is 12.9. The number of halogens is 2. The van der Waals surface area contributed by atoms with Gasteiger partial charge in [0.1, 0.15) is 11.6 Å². The number of aliphatic hydroxyl groups excluding tert-OH is 1. The van der Waals surface area contributed by atoms with Crippen LogP contribution in [0.3, 0.4) is 0 Å². The summed E-state index contributed by atoms with van der Waals surface area (Å²) in [6.45, 7) is 2.76. The van der Waals surface area contributed by atoms with Gasteiger partial charge in [0.05, 0.1) is 6.10 Å². The molecule has 0 aliphatic heterocycles. The highest BCUT2D eigenvalue weighted by molar-refractivity contribution is 5.21. The SMILES string of the molecule is CCNCC(O)c1cc(F)ccc1F. The Kier molecular flexibility index (Phi) is 3.98. The van der Waals surface area contributed by atoms with Crippen molar-refractivity contribution in [2.24, 2.45) is 0 Å². The fourth-order valence-corrected chi connectivity index (χ4v) is 1.16. The number of likely N-dealkylation sites (N-methyl/N-ethyl adjacent to an activating group) is 1. The zero-order chi connectivity index (χ0) is 10.6. The topological polar surface area (TPSA) is 32.3 Å². The first kappa shape index (κ1) is 11.1. The molecule has 1 aromatic carbocycles. The first-order valence-electron chi connectivity index (χ1n) is 4.49. The van der Waals surface area contributed by atoms with Gasteiger partial charge in [-0.1, -0.05) is 6.92 Å². The molecule has 0 aliphatic rings. The number of hydrogen-bond donors (Lipinski definition) is 2. The van der Waals surface area contributed by atoms with Gasteiger partial charge in [0.15, 0.2) is 0 Å². The van der Waals surface area contributed by atoms with Crippen LogP contribution in [0.25, 0.3) is 0 Å². The Labute approximate surface area is 81.6 Å². The molecule has 0 saturated heterocycles. The van der Waals surface area contributed by atoms with Crippen LogP contribution in [0, 0.1) is 11.6 Å². The second kappa shape index (κ2) is 5.02. The summed E-state index contributed by atoms with van der Waals surface area (Å²) in [4.78, 5) is 0. The highest BCUT2D eigenvalue weighted by Gasteiger charge is 2.12. The van der Waals surface area contributed by atoms with Crippen molar-refractivity contribution in [3.63, 3.8) is 0 Å². The van der Waals surface area contributed by atoms with E-state index in [0.717, 1.165) is 18.2 Å². The number of aliphatic hydroxyl groups is 1. The van der Waals surface area contributed by atoms with E-state index in [-0.39, 0.29) is 12.1 Å². The molecule has 0 amide bonds. The Hall–Kier alpha value is -1.00. The zero-order valence-electron chi connectivity index (χ0n) is 7.93. The first-order valence-corrected chi connectivity index (χ1v) is 4.49. The van der Waals surface area contributed by atoms with Gasteiger partial charge >= 0.3 is 0 Å². The minimum absolute atomic E-state index is 0.00838. The molecule has 1 aromatic rings. The standard InChI is InChI=1S/C10H13F2NO/c1-2-13-6-10(14)8-5-7(11)3-4-9(8)12/h3-5,10,13-14H,2,6H2,1H3. The number of rotatable bonds is 4. The van der Waals surface area contributed by atoms with Crippen LogP contribution < -0.4 is 5.32 Å². The largest absolute Gasteiger partial charge is 0.387 e. The molecule has 0 fully saturated rings. The molecule has 14 heavy (non-hydrogen) atoms. The van der Waals surface area contributed by atoms with Gasteiger partial charge in [0.2, 0.25) is 0 Å². The second-order valence-corrected chi connectivity index (χ2v) is 2.99. The summed E-state index contributed by atoms with van der Waals surface area (Å²) < 4.78 is 25.8. The maximum Gasteiger partial charge on any atom is 0.129 e. The molecule has 2 nitrogen and oxygen atoms in total. The second-order valence-electron chi connectivity index (χ2n) is 2.99. The van der Waals surface area contributed by atoms with Gasteiger partial charge < -0.3 is 10.4 Å². The molecule has 1 atom stereocenters. The Morgan fingerprint density at radius 1 is 1.43 bits per heavy atom. The Bertz CT molecular complexity index is 304. The molecule has 2 N–H and O–H groups in total. The van der Waals surface area contributed by atoms with Gasteiger partial charge in [-0.25, -0.2) is 8.78 Å². The third-order valence-corrected chi connectivity index (χ3v) is 1.90. The Balaban J connectivity index is 2.77. The minimum Gasteiger partial charge on any atom is -0.387 e. The lowest BCUT2D eigenvalue weighted by Crippen LogP contribution is -2.21. The molecule has 0 radical (unpaired) electrons. The lowest BCUT2D eigenvalue weighted by molar-refractivity contribution is 0.170. The van der Waals surface area contributed by atoms with Gasteiger partial charge in [-0.15, -0.1) is 0 Å². The zero-order valence-corrected chi connectivity index (χ0v) is 7.93. The molecule has 0 aliphatic carbocycles. The molecule has 78 valence electrons.